The second-order valence-electron chi connectivity index (χ2n) is 3.53. The molecule has 2 N–H and O–H groups in total. The highest BCUT2D eigenvalue weighted by molar-refractivity contribution is 5.21. The number of nitriles is 1. The lowest BCUT2D eigenvalue weighted by Gasteiger charge is -2.39. The molecule has 1 aromatic heterocycles. The van der Waals surface area contributed by atoms with Crippen molar-refractivity contribution in [2.75, 3.05) is 13.1 Å². The van der Waals surface area contributed by atoms with Crippen LogP contribution >= 0.6 is 0 Å². The van der Waals surface area contributed by atoms with Crippen molar-refractivity contribution in [3.05, 3.63) is 30.1 Å². The number of pyridine rings is 1. The number of rotatable bonds is 2. The van der Waals surface area contributed by atoms with Crippen LogP contribution in [0.25, 0.3) is 0 Å². The normalized spacial score (nSPS) is 19.7. The topological polar surface area (TPSA) is 65.9 Å². The van der Waals surface area contributed by atoms with Gasteiger partial charge in [-0.15, -0.1) is 0 Å². The Balaban J connectivity index is 2.12. The van der Waals surface area contributed by atoms with Crippen molar-refractivity contribution in [2.45, 2.75) is 12.1 Å². The summed E-state index contributed by atoms with van der Waals surface area (Å²) in [6.07, 6.45) is 3.44. The molecule has 0 amide bonds. The Morgan fingerprint density at radius 1 is 1.64 bits per heavy atom. The lowest BCUT2D eigenvalue weighted by atomic mass is 10.0. The zero-order valence-corrected chi connectivity index (χ0v) is 7.80. The first kappa shape index (κ1) is 9.13. The molecule has 1 aromatic rings. The van der Waals surface area contributed by atoms with Crippen molar-refractivity contribution in [1.82, 2.24) is 9.88 Å². The van der Waals surface area contributed by atoms with E-state index in [1.165, 1.54) is 0 Å². The summed E-state index contributed by atoms with van der Waals surface area (Å²) in [7, 11) is 0. The highest BCUT2D eigenvalue weighted by atomic mass is 15.2. The number of nitrogens with zero attached hydrogens (tertiary/aromatic N) is 3. The van der Waals surface area contributed by atoms with Crippen LogP contribution in [-0.4, -0.2) is 29.0 Å². The summed E-state index contributed by atoms with van der Waals surface area (Å²) in [6, 6.07) is 6.07. The molecule has 4 nitrogen and oxygen atoms in total. The van der Waals surface area contributed by atoms with Gasteiger partial charge in [0.2, 0.25) is 0 Å². The molecule has 0 spiro atoms. The van der Waals surface area contributed by atoms with Gasteiger partial charge in [0.15, 0.2) is 0 Å². The predicted molar refractivity (Wildman–Crippen MR) is 52.1 cm³/mol. The number of aromatic nitrogens is 1. The van der Waals surface area contributed by atoms with E-state index in [2.05, 4.69) is 16.0 Å². The Kier molecular flexibility index (Phi) is 2.44. The molecular formula is C10H12N4. The summed E-state index contributed by atoms with van der Waals surface area (Å²) < 4.78 is 0. The maximum atomic E-state index is 9.04. The second-order valence-corrected chi connectivity index (χ2v) is 3.53. The molecule has 0 aromatic carbocycles. The van der Waals surface area contributed by atoms with E-state index in [0.29, 0.717) is 0 Å². The minimum Gasteiger partial charge on any atom is -0.325 e. The third-order valence-electron chi connectivity index (χ3n) is 2.43. The zero-order chi connectivity index (χ0) is 9.97. The first-order valence-corrected chi connectivity index (χ1v) is 4.60. The van der Waals surface area contributed by atoms with Gasteiger partial charge in [0.25, 0.3) is 0 Å². The largest absolute Gasteiger partial charge is 0.325 e. The summed E-state index contributed by atoms with van der Waals surface area (Å²) in [6.45, 7) is 1.60. The average molecular weight is 188 g/mol. The van der Waals surface area contributed by atoms with Crippen molar-refractivity contribution in [1.29, 1.82) is 5.26 Å². The molecule has 1 unspecified atom stereocenters. The van der Waals surface area contributed by atoms with Crippen molar-refractivity contribution in [3.63, 3.8) is 0 Å². The lowest BCUT2D eigenvalue weighted by molar-refractivity contribution is 0.121. The Hall–Kier alpha value is -1.44. The molecular weight excluding hydrogens is 176 g/mol. The van der Waals surface area contributed by atoms with Crippen LogP contribution in [0.3, 0.4) is 0 Å². The van der Waals surface area contributed by atoms with Crippen LogP contribution in [-0.2, 0) is 0 Å². The van der Waals surface area contributed by atoms with Gasteiger partial charge < -0.3 is 5.73 Å². The van der Waals surface area contributed by atoms with Gasteiger partial charge in [-0.3, -0.25) is 9.88 Å². The molecule has 0 aliphatic carbocycles. The smallest absolute Gasteiger partial charge is 0.125 e. The minimum absolute atomic E-state index is 0.191. The van der Waals surface area contributed by atoms with E-state index < -0.39 is 0 Å². The van der Waals surface area contributed by atoms with Gasteiger partial charge in [-0.25, -0.2) is 0 Å². The fourth-order valence-electron chi connectivity index (χ4n) is 1.66. The maximum Gasteiger partial charge on any atom is 0.125 e. The fourth-order valence-corrected chi connectivity index (χ4v) is 1.66. The van der Waals surface area contributed by atoms with Crippen LogP contribution in [0, 0.1) is 11.3 Å². The number of nitrogens with two attached hydrogens (primary N) is 1. The molecule has 1 fully saturated rings. The summed E-state index contributed by atoms with van der Waals surface area (Å²) in [5.74, 6) is 0. The highest BCUT2D eigenvalue weighted by Gasteiger charge is 2.30. The molecule has 0 saturated carbocycles. The van der Waals surface area contributed by atoms with E-state index in [1.54, 1.807) is 12.4 Å². The van der Waals surface area contributed by atoms with E-state index in [1.807, 2.05) is 12.1 Å². The van der Waals surface area contributed by atoms with E-state index in [-0.39, 0.29) is 12.1 Å². The minimum atomic E-state index is -0.191. The van der Waals surface area contributed by atoms with E-state index in [4.69, 9.17) is 11.0 Å². The Labute approximate surface area is 83.0 Å². The van der Waals surface area contributed by atoms with Gasteiger partial charge >= 0.3 is 0 Å². The quantitative estimate of drug-likeness (QED) is 0.724. The lowest BCUT2D eigenvalue weighted by Crippen LogP contribution is -2.56. The molecule has 14 heavy (non-hydrogen) atoms. The number of hydrogen-bond donors (Lipinski definition) is 1. The van der Waals surface area contributed by atoms with Crippen LogP contribution in [0.5, 0.6) is 0 Å². The highest BCUT2D eigenvalue weighted by Crippen LogP contribution is 2.23. The van der Waals surface area contributed by atoms with Crippen LogP contribution in [0.2, 0.25) is 0 Å². The van der Waals surface area contributed by atoms with Crippen LogP contribution < -0.4 is 5.73 Å². The van der Waals surface area contributed by atoms with Gasteiger partial charge in [-0.1, -0.05) is 6.07 Å². The van der Waals surface area contributed by atoms with Gasteiger partial charge in [0.1, 0.15) is 6.04 Å². The van der Waals surface area contributed by atoms with Crippen molar-refractivity contribution in [3.8, 4) is 6.07 Å². The van der Waals surface area contributed by atoms with Crippen LogP contribution in [0.1, 0.15) is 11.6 Å². The molecule has 1 atom stereocenters. The van der Waals surface area contributed by atoms with E-state index >= 15 is 0 Å². The number of likely N-dealkylation sites (tertiary alicyclic amines) is 1. The van der Waals surface area contributed by atoms with Crippen LogP contribution in [0.4, 0.5) is 0 Å². The Morgan fingerprint density at radius 2 is 2.43 bits per heavy atom. The third kappa shape index (κ3) is 1.60. The molecule has 72 valence electrons. The molecule has 1 saturated heterocycles. The summed E-state index contributed by atoms with van der Waals surface area (Å²) in [5.41, 5.74) is 6.62. The molecule has 4 heteroatoms. The molecule has 1 aliphatic heterocycles. The molecule has 0 radical (unpaired) electrons. The molecule has 2 heterocycles. The third-order valence-corrected chi connectivity index (χ3v) is 2.43. The van der Waals surface area contributed by atoms with Crippen molar-refractivity contribution < 1.29 is 0 Å². The standard InChI is InChI=1S/C10H12N4/c11-4-10(14-6-9(12)7-14)8-2-1-3-13-5-8/h1-3,5,9-10H,6-7,12H2. The molecule has 1 aliphatic rings. The molecule has 2 rings (SSSR count). The van der Waals surface area contributed by atoms with Crippen molar-refractivity contribution in [2.24, 2.45) is 5.73 Å². The first-order chi connectivity index (χ1) is 6.81. The maximum absolute atomic E-state index is 9.04. The van der Waals surface area contributed by atoms with Crippen LogP contribution in [0.15, 0.2) is 24.5 Å². The summed E-state index contributed by atoms with van der Waals surface area (Å²) in [4.78, 5) is 6.06. The monoisotopic (exact) mass is 188 g/mol. The van der Waals surface area contributed by atoms with Crippen molar-refractivity contribution >= 4 is 0 Å². The van der Waals surface area contributed by atoms with E-state index in [9.17, 15) is 0 Å². The van der Waals surface area contributed by atoms with Gasteiger partial charge in [-0.2, -0.15) is 5.26 Å². The Morgan fingerprint density at radius 3 is 2.93 bits per heavy atom. The fraction of sp³-hybridized carbons (Fsp3) is 0.400. The second kappa shape index (κ2) is 3.74. The Bertz CT molecular complexity index is 337. The summed E-state index contributed by atoms with van der Waals surface area (Å²) >= 11 is 0. The zero-order valence-electron chi connectivity index (χ0n) is 7.80. The number of hydrogen-bond acceptors (Lipinski definition) is 4. The SMILES string of the molecule is N#CC(c1cccnc1)N1CC(N)C1. The van der Waals surface area contributed by atoms with Gasteiger partial charge in [0.05, 0.1) is 6.07 Å². The first-order valence-electron chi connectivity index (χ1n) is 4.60. The predicted octanol–water partition coefficient (Wildman–Crippen LogP) is 0.289. The van der Waals surface area contributed by atoms with E-state index in [0.717, 1.165) is 18.7 Å². The average Bonchev–Trinajstić information content (AvgIpc) is 2.18. The molecule has 0 bridgehead atoms. The van der Waals surface area contributed by atoms with Gasteiger partial charge in [-0.05, 0) is 6.07 Å². The van der Waals surface area contributed by atoms with Gasteiger partial charge in [0, 0.05) is 37.1 Å². The summed E-state index contributed by atoms with van der Waals surface area (Å²) in [5, 5.41) is 9.04.